The summed E-state index contributed by atoms with van der Waals surface area (Å²) in [6.07, 6.45) is 0. The van der Waals surface area contributed by atoms with Crippen LogP contribution in [0.15, 0.2) is 154 Å². The number of hydrogen-bond acceptors (Lipinski definition) is 4. The number of oxazole rings is 2. The van der Waals surface area contributed by atoms with E-state index in [-0.39, 0.29) is 40.7 Å². The summed E-state index contributed by atoms with van der Waals surface area (Å²) in [4.78, 5) is 9.43. The van der Waals surface area contributed by atoms with Gasteiger partial charge in [0.15, 0.2) is 11.2 Å². The van der Waals surface area contributed by atoms with Gasteiger partial charge in [-0.25, -0.2) is 9.97 Å². The average Bonchev–Trinajstić information content (AvgIpc) is 3.87. The predicted molar refractivity (Wildman–Crippen MR) is 198 cm³/mol. The summed E-state index contributed by atoms with van der Waals surface area (Å²) in [7, 11) is 0. The summed E-state index contributed by atoms with van der Waals surface area (Å²) in [5.74, 6) is 0.707. The maximum absolute atomic E-state index is 9.34. The maximum atomic E-state index is 9.34. The summed E-state index contributed by atoms with van der Waals surface area (Å²) in [5, 5.41) is 2.39. The zero-order valence-electron chi connectivity index (χ0n) is 30.8. The van der Waals surface area contributed by atoms with E-state index in [4.69, 9.17) is 18.8 Å². The first kappa shape index (κ1) is 24.0. The van der Waals surface area contributed by atoms with Gasteiger partial charge in [0.25, 0.3) is 0 Å². The van der Waals surface area contributed by atoms with Gasteiger partial charge in [0.05, 0.1) is 5.48 Å². The molecule has 0 unspecified atom stereocenters. The Labute approximate surface area is 288 Å². The second-order valence-corrected chi connectivity index (χ2v) is 13.1. The van der Waals surface area contributed by atoms with Crippen LogP contribution in [0.3, 0.4) is 0 Å². The third-order valence-corrected chi connectivity index (χ3v) is 9.75. The molecular formula is C45H30N2O2. The molecule has 1 aliphatic carbocycles. The summed E-state index contributed by atoms with van der Waals surface area (Å²) < 4.78 is 49.6. The van der Waals surface area contributed by atoms with Gasteiger partial charge >= 0.3 is 0 Å². The van der Waals surface area contributed by atoms with Crippen LogP contribution in [-0.4, -0.2) is 9.97 Å². The van der Waals surface area contributed by atoms with E-state index in [1.54, 1.807) is 12.1 Å². The van der Waals surface area contributed by atoms with E-state index in [9.17, 15) is 5.48 Å². The quantitative estimate of drug-likeness (QED) is 0.193. The number of rotatable bonds is 4. The van der Waals surface area contributed by atoms with Crippen LogP contribution in [0.4, 0.5) is 0 Å². The van der Waals surface area contributed by atoms with Crippen molar-refractivity contribution in [1.29, 1.82) is 0 Å². The van der Waals surface area contributed by atoms with E-state index in [1.807, 2.05) is 66.7 Å². The molecule has 0 saturated heterocycles. The largest absolute Gasteiger partial charge is 0.436 e. The molecule has 0 atom stereocenters. The Hall–Kier alpha value is -6.26. The number of benzene rings is 7. The standard InChI is InChI=1S/C45H30N2O2/c1-45(2)37-26-30(20-21-35(37)36-22-19-29-9-3-4-10-34(29)42(36)45)27-15-17-28(18-16-27)31-23-32(43-46-38-11-5-7-13-40(38)48-43)25-33(24-31)44-47-39-12-6-8-14-41(39)49-44/h3-26H,1-2H3/i15D,16D,17D,18D. The van der Waals surface area contributed by atoms with Gasteiger partial charge in [0.1, 0.15) is 11.0 Å². The fourth-order valence-corrected chi connectivity index (χ4v) is 7.37. The summed E-state index contributed by atoms with van der Waals surface area (Å²) in [6.45, 7) is 4.43. The van der Waals surface area contributed by atoms with E-state index in [2.05, 4.69) is 56.3 Å². The Balaban J connectivity index is 1.14. The third-order valence-electron chi connectivity index (χ3n) is 9.75. The van der Waals surface area contributed by atoms with Gasteiger partial charge in [-0.05, 0) is 104 Å². The fourth-order valence-electron chi connectivity index (χ4n) is 7.37. The van der Waals surface area contributed by atoms with Gasteiger partial charge in [-0.1, -0.05) is 111 Å². The van der Waals surface area contributed by atoms with E-state index < -0.39 is 0 Å². The van der Waals surface area contributed by atoms with Crippen molar-refractivity contribution in [3.05, 3.63) is 157 Å². The van der Waals surface area contributed by atoms with Crippen molar-refractivity contribution in [2.75, 3.05) is 0 Å². The highest BCUT2D eigenvalue weighted by atomic mass is 16.4. The van der Waals surface area contributed by atoms with Crippen molar-refractivity contribution in [3.63, 3.8) is 0 Å². The predicted octanol–water partition coefficient (Wildman–Crippen LogP) is 12.1. The van der Waals surface area contributed by atoms with Crippen molar-refractivity contribution in [2.45, 2.75) is 19.3 Å². The number of fused-ring (bicyclic) bond motifs is 7. The van der Waals surface area contributed by atoms with E-state index in [0.717, 1.165) is 11.1 Å². The number of para-hydroxylation sites is 4. The molecule has 4 heteroatoms. The first-order valence-electron chi connectivity index (χ1n) is 18.3. The van der Waals surface area contributed by atoms with E-state index in [0.29, 0.717) is 56.2 Å². The van der Waals surface area contributed by atoms with Gasteiger partial charge in [0.2, 0.25) is 11.8 Å². The Bertz CT molecular complexity index is 2810. The molecular weight excluding hydrogens is 601 g/mol. The Morgan fingerprint density at radius 2 is 1.06 bits per heavy atom. The van der Waals surface area contributed by atoms with E-state index >= 15 is 0 Å². The number of aromatic nitrogens is 2. The molecule has 9 aromatic rings. The summed E-state index contributed by atoms with van der Waals surface area (Å²) in [5.41, 5.74) is 9.65. The Kier molecular flexibility index (Phi) is 5.07. The minimum Gasteiger partial charge on any atom is -0.436 e. The van der Waals surface area contributed by atoms with Crippen molar-refractivity contribution in [2.24, 2.45) is 0 Å². The molecule has 2 heterocycles. The molecule has 0 radical (unpaired) electrons. The molecule has 4 nitrogen and oxygen atoms in total. The van der Waals surface area contributed by atoms with Crippen LogP contribution in [0.1, 0.15) is 30.5 Å². The lowest BCUT2D eigenvalue weighted by Gasteiger charge is -2.23. The highest BCUT2D eigenvalue weighted by molar-refractivity contribution is 5.98. The van der Waals surface area contributed by atoms with Crippen LogP contribution < -0.4 is 0 Å². The van der Waals surface area contributed by atoms with Gasteiger partial charge in [-0.3, -0.25) is 0 Å². The lowest BCUT2D eigenvalue weighted by atomic mass is 9.79. The molecule has 0 bridgehead atoms. The monoisotopic (exact) mass is 634 g/mol. The molecule has 0 saturated carbocycles. The number of nitrogens with zero attached hydrogens (tertiary/aromatic N) is 2. The van der Waals surface area contributed by atoms with Crippen molar-refractivity contribution in [1.82, 2.24) is 9.97 Å². The van der Waals surface area contributed by atoms with Crippen LogP contribution >= 0.6 is 0 Å². The molecule has 232 valence electrons. The topological polar surface area (TPSA) is 52.1 Å². The highest BCUT2D eigenvalue weighted by Crippen LogP contribution is 2.52. The van der Waals surface area contributed by atoms with E-state index in [1.165, 1.54) is 21.9 Å². The van der Waals surface area contributed by atoms with Crippen LogP contribution in [0.25, 0.3) is 89.3 Å². The lowest BCUT2D eigenvalue weighted by molar-refractivity contribution is 0.617. The normalized spacial score (nSPS) is 14.4. The minimum atomic E-state index is -0.342. The third kappa shape index (κ3) is 4.38. The summed E-state index contributed by atoms with van der Waals surface area (Å²) >= 11 is 0. The molecule has 0 fully saturated rings. The fraction of sp³-hybridized carbons (Fsp3) is 0.0667. The lowest BCUT2D eigenvalue weighted by Crippen LogP contribution is -2.15. The first-order chi connectivity index (χ1) is 25.7. The number of hydrogen-bond donors (Lipinski definition) is 0. The van der Waals surface area contributed by atoms with Crippen LogP contribution in [0.2, 0.25) is 0 Å². The van der Waals surface area contributed by atoms with Gasteiger partial charge in [-0.2, -0.15) is 0 Å². The maximum Gasteiger partial charge on any atom is 0.227 e. The summed E-state index contributed by atoms with van der Waals surface area (Å²) in [6, 6.07) is 38.7. The SMILES string of the molecule is [2H]c1c([2H])c(-c2ccc3c(c2)C(C)(C)c2c-3ccc3ccccc23)c([2H])c([2H])c1-c1cc(-c2nc3ccccc3o2)cc(-c2nc3ccccc3o2)c1. The Morgan fingerprint density at radius 3 is 1.71 bits per heavy atom. The molecule has 1 aliphatic rings. The molecule has 49 heavy (non-hydrogen) atoms. The molecule has 2 aromatic heterocycles. The first-order valence-corrected chi connectivity index (χ1v) is 16.3. The molecule has 7 aromatic carbocycles. The second kappa shape index (κ2) is 10.4. The smallest absolute Gasteiger partial charge is 0.227 e. The van der Waals surface area contributed by atoms with Crippen molar-refractivity contribution < 1.29 is 14.3 Å². The van der Waals surface area contributed by atoms with Crippen LogP contribution in [0, 0.1) is 0 Å². The van der Waals surface area contributed by atoms with Gasteiger partial charge in [-0.15, -0.1) is 0 Å². The molecule has 0 spiro atoms. The Morgan fingerprint density at radius 1 is 0.510 bits per heavy atom. The van der Waals surface area contributed by atoms with Crippen LogP contribution in [-0.2, 0) is 5.41 Å². The van der Waals surface area contributed by atoms with Gasteiger partial charge < -0.3 is 8.83 Å². The molecule has 0 aliphatic heterocycles. The van der Waals surface area contributed by atoms with Gasteiger partial charge in [0, 0.05) is 16.5 Å². The minimum absolute atomic E-state index is 0.115. The zero-order chi connectivity index (χ0) is 36.2. The molecule has 0 amide bonds. The second-order valence-electron chi connectivity index (χ2n) is 13.1. The highest BCUT2D eigenvalue weighted by Gasteiger charge is 2.37. The molecule has 10 rings (SSSR count). The van der Waals surface area contributed by atoms with Crippen molar-refractivity contribution >= 4 is 33.0 Å². The molecule has 0 N–H and O–H groups in total. The average molecular weight is 635 g/mol. The van der Waals surface area contributed by atoms with Crippen molar-refractivity contribution in [3.8, 4) is 56.3 Å². The zero-order valence-corrected chi connectivity index (χ0v) is 26.8. The van der Waals surface area contributed by atoms with Crippen LogP contribution in [0.5, 0.6) is 0 Å².